The molecule has 2 aromatic rings. The molecule has 178 valence electrons. The minimum absolute atomic E-state index is 0.0947. The lowest BCUT2D eigenvalue weighted by Gasteiger charge is -2.31. The van der Waals surface area contributed by atoms with Gasteiger partial charge in [-0.2, -0.15) is 0 Å². The number of halogens is 3. The van der Waals surface area contributed by atoms with Crippen molar-refractivity contribution >= 4 is 58.4 Å². The van der Waals surface area contributed by atoms with Gasteiger partial charge in [-0.3, -0.25) is 9.59 Å². The minimum atomic E-state index is -0.559. The standard InChI is InChI=1S/C25H29Cl3N2O2S/c1-2-23(25(32)29-21-8-3-4-9-21)30(14-18-10-11-20(27)13-22(18)28)24(31)16-33-15-17-6-5-7-19(26)12-17/h5-7,10-13,21,23H,2-4,8-9,14-16H2,1H3,(H,29,32). The molecule has 1 unspecified atom stereocenters. The van der Waals surface area contributed by atoms with Crippen LogP contribution in [0.25, 0.3) is 0 Å². The van der Waals surface area contributed by atoms with Crippen molar-refractivity contribution < 1.29 is 9.59 Å². The van der Waals surface area contributed by atoms with Crippen molar-refractivity contribution in [2.24, 2.45) is 0 Å². The van der Waals surface area contributed by atoms with Crippen molar-refractivity contribution in [3.8, 4) is 0 Å². The lowest BCUT2D eigenvalue weighted by Crippen LogP contribution is -2.51. The first-order chi connectivity index (χ1) is 15.9. The first kappa shape index (κ1) is 26.2. The molecule has 4 nitrogen and oxygen atoms in total. The van der Waals surface area contributed by atoms with Crippen LogP contribution in [0, 0.1) is 0 Å². The lowest BCUT2D eigenvalue weighted by molar-refractivity contribution is -0.139. The van der Waals surface area contributed by atoms with E-state index >= 15 is 0 Å². The Hall–Kier alpha value is -1.40. The zero-order chi connectivity index (χ0) is 23.8. The summed E-state index contributed by atoms with van der Waals surface area (Å²) in [5.41, 5.74) is 1.82. The molecule has 0 bridgehead atoms. The second kappa shape index (κ2) is 12.9. The Kier molecular flexibility index (Phi) is 10.2. The fourth-order valence-corrected chi connectivity index (χ4v) is 5.63. The van der Waals surface area contributed by atoms with E-state index in [4.69, 9.17) is 34.8 Å². The van der Waals surface area contributed by atoms with Crippen molar-refractivity contribution in [3.05, 3.63) is 68.7 Å². The van der Waals surface area contributed by atoms with Gasteiger partial charge in [-0.05, 0) is 54.7 Å². The largest absolute Gasteiger partial charge is 0.352 e. The molecule has 1 aliphatic carbocycles. The fourth-order valence-electron chi connectivity index (χ4n) is 4.09. The van der Waals surface area contributed by atoms with E-state index in [-0.39, 0.29) is 30.2 Å². The molecule has 1 N–H and O–H groups in total. The fraction of sp³-hybridized carbons (Fsp3) is 0.440. The molecule has 8 heteroatoms. The van der Waals surface area contributed by atoms with E-state index in [0.29, 0.717) is 27.2 Å². The van der Waals surface area contributed by atoms with Crippen molar-refractivity contribution in [1.82, 2.24) is 10.2 Å². The van der Waals surface area contributed by atoms with E-state index in [1.165, 1.54) is 11.8 Å². The monoisotopic (exact) mass is 526 g/mol. The van der Waals surface area contributed by atoms with Crippen molar-refractivity contribution in [2.45, 2.75) is 63.4 Å². The molecule has 0 aromatic heterocycles. The number of benzene rings is 2. The molecule has 33 heavy (non-hydrogen) atoms. The second-order valence-electron chi connectivity index (χ2n) is 8.29. The summed E-state index contributed by atoms with van der Waals surface area (Å²) in [4.78, 5) is 28.2. The maximum absolute atomic E-state index is 13.4. The maximum atomic E-state index is 13.4. The van der Waals surface area contributed by atoms with Crippen LogP contribution >= 0.6 is 46.6 Å². The van der Waals surface area contributed by atoms with Crippen LogP contribution in [-0.4, -0.2) is 34.6 Å². The molecule has 1 atom stereocenters. The van der Waals surface area contributed by atoms with E-state index < -0.39 is 6.04 Å². The molecule has 2 amide bonds. The smallest absolute Gasteiger partial charge is 0.243 e. The lowest BCUT2D eigenvalue weighted by atomic mass is 10.1. The maximum Gasteiger partial charge on any atom is 0.243 e. The van der Waals surface area contributed by atoms with Gasteiger partial charge in [-0.1, -0.05) is 72.8 Å². The van der Waals surface area contributed by atoms with Crippen molar-refractivity contribution in [3.63, 3.8) is 0 Å². The van der Waals surface area contributed by atoms with Gasteiger partial charge in [-0.25, -0.2) is 0 Å². The molecular weight excluding hydrogens is 499 g/mol. The Morgan fingerprint density at radius 3 is 2.48 bits per heavy atom. The van der Waals surface area contributed by atoms with Gasteiger partial charge in [0.1, 0.15) is 6.04 Å². The van der Waals surface area contributed by atoms with Crippen molar-refractivity contribution in [2.75, 3.05) is 5.75 Å². The number of hydrogen-bond acceptors (Lipinski definition) is 3. The number of nitrogens with one attached hydrogen (secondary N) is 1. The quantitative estimate of drug-likeness (QED) is 0.372. The van der Waals surface area contributed by atoms with Gasteiger partial charge in [0.15, 0.2) is 0 Å². The van der Waals surface area contributed by atoms with E-state index in [9.17, 15) is 9.59 Å². The van der Waals surface area contributed by atoms with Gasteiger partial charge < -0.3 is 10.2 Å². The van der Waals surface area contributed by atoms with Crippen LogP contribution in [0.1, 0.15) is 50.2 Å². The molecule has 0 heterocycles. The Labute approximate surface area is 215 Å². The highest BCUT2D eigenvalue weighted by atomic mass is 35.5. The van der Waals surface area contributed by atoms with Gasteiger partial charge in [0.2, 0.25) is 11.8 Å². The minimum Gasteiger partial charge on any atom is -0.352 e. The van der Waals surface area contributed by atoms with Crippen LogP contribution in [0.5, 0.6) is 0 Å². The number of carbonyl (C=O) groups excluding carboxylic acids is 2. The number of rotatable bonds is 10. The highest BCUT2D eigenvalue weighted by Gasteiger charge is 2.30. The molecule has 0 spiro atoms. The average Bonchev–Trinajstić information content (AvgIpc) is 3.28. The van der Waals surface area contributed by atoms with Gasteiger partial charge in [0, 0.05) is 33.4 Å². The third-order valence-electron chi connectivity index (χ3n) is 5.83. The summed E-state index contributed by atoms with van der Waals surface area (Å²) in [7, 11) is 0. The number of thioether (sulfide) groups is 1. The molecule has 0 radical (unpaired) electrons. The van der Waals surface area contributed by atoms with Crippen LogP contribution in [0.3, 0.4) is 0 Å². The predicted octanol–water partition coefficient (Wildman–Crippen LogP) is 6.75. The molecule has 3 rings (SSSR count). The van der Waals surface area contributed by atoms with Crippen LogP contribution in [0.2, 0.25) is 15.1 Å². The molecule has 1 saturated carbocycles. The summed E-state index contributed by atoms with van der Waals surface area (Å²) in [5, 5.41) is 4.85. The highest BCUT2D eigenvalue weighted by Crippen LogP contribution is 2.25. The second-order valence-corrected chi connectivity index (χ2v) is 10.6. The van der Waals surface area contributed by atoms with Gasteiger partial charge in [0.05, 0.1) is 5.75 Å². The third-order valence-corrected chi connectivity index (χ3v) is 7.64. The van der Waals surface area contributed by atoms with Crippen LogP contribution in [0.15, 0.2) is 42.5 Å². The third kappa shape index (κ3) is 7.81. The molecule has 1 aliphatic rings. The first-order valence-electron chi connectivity index (χ1n) is 11.2. The molecule has 0 aliphatic heterocycles. The zero-order valence-corrected chi connectivity index (χ0v) is 21.7. The Morgan fingerprint density at radius 1 is 1.09 bits per heavy atom. The number of hydrogen-bond donors (Lipinski definition) is 1. The summed E-state index contributed by atoms with van der Waals surface area (Å²) in [6.45, 7) is 2.19. The highest BCUT2D eigenvalue weighted by molar-refractivity contribution is 7.99. The molecular formula is C25H29Cl3N2O2S. The summed E-state index contributed by atoms with van der Waals surface area (Å²) in [6, 6.07) is 12.5. The van der Waals surface area contributed by atoms with Crippen LogP contribution in [0.4, 0.5) is 0 Å². The van der Waals surface area contributed by atoms with Crippen molar-refractivity contribution in [1.29, 1.82) is 0 Å². The summed E-state index contributed by atoms with van der Waals surface area (Å²) < 4.78 is 0. The van der Waals surface area contributed by atoms with Gasteiger partial charge >= 0.3 is 0 Å². The number of amides is 2. The summed E-state index contributed by atoms with van der Waals surface area (Å²) in [6.07, 6.45) is 4.77. The summed E-state index contributed by atoms with van der Waals surface area (Å²) >= 11 is 20.0. The Bertz CT molecular complexity index is 966. The average molecular weight is 528 g/mol. The van der Waals surface area contributed by atoms with E-state index in [1.54, 1.807) is 17.0 Å². The van der Waals surface area contributed by atoms with Gasteiger partial charge in [-0.15, -0.1) is 11.8 Å². The Balaban J connectivity index is 1.73. The number of nitrogens with zero attached hydrogens (tertiary/aromatic N) is 1. The van der Waals surface area contributed by atoms with Crippen LogP contribution in [-0.2, 0) is 21.9 Å². The van der Waals surface area contributed by atoms with E-state index in [1.807, 2.05) is 37.3 Å². The SMILES string of the molecule is CCC(C(=O)NC1CCCC1)N(Cc1ccc(Cl)cc1Cl)C(=O)CSCc1cccc(Cl)c1. The topological polar surface area (TPSA) is 49.4 Å². The normalized spacial score (nSPS) is 14.8. The van der Waals surface area contributed by atoms with Crippen LogP contribution < -0.4 is 5.32 Å². The molecule has 2 aromatic carbocycles. The first-order valence-corrected chi connectivity index (χ1v) is 13.5. The van der Waals surface area contributed by atoms with E-state index in [0.717, 1.165) is 36.8 Å². The summed E-state index contributed by atoms with van der Waals surface area (Å²) in [5.74, 6) is 0.724. The van der Waals surface area contributed by atoms with Gasteiger partial charge in [0.25, 0.3) is 0 Å². The molecule has 0 saturated heterocycles. The zero-order valence-electron chi connectivity index (χ0n) is 18.7. The predicted molar refractivity (Wildman–Crippen MR) is 139 cm³/mol. The molecule has 1 fully saturated rings. The Morgan fingerprint density at radius 2 is 1.82 bits per heavy atom. The number of carbonyl (C=O) groups is 2. The van der Waals surface area contributed by atoms with E-state index in [2.05, 4.69) is 5.32 Å².